The van der Waals surface area contributed by atoms with E-state index in [0.717, 1.165) is 11.6 Å². The molecular formula is C20H30FINP. The molecule has 0 spiro atoms. The Morgan fingerprint density at radius 1 is 1.21 bits per heavy atom. The predicted molar refractivity (Wildman–Crippen MR) is 121 cm³/mol. The first-order chi connectivity index (χ1) is 10.5. The molecule has 2 rings (SSSR count). The van der Waals surface area contributed by atoms with Crippen LogP contribution in [0.1, 0.15) is 56.6 Å². The zero-order valence-corrected chi connectivity index (χ0v) is 17.2. The fraction of sp³-hybridized carbons (Fsp3) is 0.400. The molecule has 0 aromatic carbocycles. The van der Waals surface area contributed by atoms with Crippen LogP contribution in [0.4, 0.5) is 4.70 Å². The van der Waals surface area contributed by atoms with Crippen LogP contribution in [-0.2, 0) is 0 Å². The van der Waals surface area contributed by atoms with Crippen LogP contribution in [0, 0.1) is 12.8 Å². The lowest BCUT2D eigenvalue weighted by Gasteiger charge is -2.37. The normalized spacial score (nSPS) is 21.0. The van der Waals surface area contributed by atoms with Crippen LogP contribution in [0.5, 0.6) is 0 Å². The summed E-state index contributed by atoms with van der Waals surface area (Å²) in [7, 11) is 0. The zero-order chi connectivity index (χ0) is 16.3. The maximum absolute atomic E-state index is 4.05. The average Bonchev–Trinajstić information content (AvgIpc) is 2.73. The molecule has 0 N–H and O–H groups in total. The van der Waals surface area contributed by atoms with Crippen molar-refractivity contribution in [1.82, 2.24) is 4.34 Å². The highest BCUT2D eigenvalue weighted by Gasteiger charge is 2.34. The van der Waals surface area contributed by atoms with Gasteiger partial charge < -0.3 is 4.34 Å². The first kappa shape index (κ1) is 23.3. The first-order valence-electron chi connectivity index (χ1n) is 7.79. The monoisotopic (exact) mass is 461 g/mol. The van der Waals surface area contributed by atoms with E-state index in [2.05, 4.69) is 78.5 Å². The molecule has 0 saturated heterocycles. The second kappa shape index (κ2) is 10.4. The van der Waals surface area contributed by atoms with Gasteiger partial charge in [0.1, 0.15) is 0 Å². The maximum atomic E-state index is 4.05. The summed E-state index contributed by atoms with van der Waals surface area (Å²) >= 11 is 2.69. The number of aromatic nitrogens is 1. The van der Waals surface area contributed by atoms with Crippen LogP contribution in [0.15, 0.2) is 31.4 Å². The second-order valence-corrected chi connectivity index (χ2v) is 10.6. The Bertz CT molecular complexity index is 624. The van der Waals surface area contributed by atoms with Crippen molar-refractivity contribution >= 4 is 46.0 Å². The van der Waals surface area contributed by atoms with Gasteiger partial charge in [0.05, 0.1) is 11.4 Å². The summed E-state index contributed by atoms with van der Waals surface area (Å²) in [4.78, 5) is 0. The number of hydrogen-bond donors (Lipinski definition) is 0. The Morgan fingerprint density at radius 2 is 1.83 bits per heavy atom. The van der Waals surface area contributed by atoms with Gasteiger partial charge in [0.15, 0.2) is 0 Å². The van der Waals surface area contributed by atoms with Gasteiger partial charge in [0.2, 0.25) is 0 Å². The number of halogens is 2. The zero-order valence-electron chi connectivity index (χ0n) is 14.1. The molecule has 1 aromatic rings. The van der Waals surface area contributed by atoms with Gasteiger partial charge in [-0.2, -0.15) is 0 Å². The van der Waals surface area contributed by atoms with Gasteiger partial charge in [-0.1, -0.05) is 57.9 Å². The summed E-state index contributed by atoms with van der Waals surface area (Å²) in [6.45, 7) is 14.5. The minimum Gasteiger partial charge on any atom is -0.313 e. The summed E-state index contributed by atoms with van der Waals surface area (Å²) in [6.07, 6.45) is 15.1. The fourth-order valence-corrected chi connectivity index (χ4v) is 8.29. The van der Waals surface area contributed by atoms with Crippen molar-refractivity contribution in [1.29, 1.82) is 0 Å². The Hall–Kier alpha value is -0.670. The number of hydrogen-bond acceptors (Lipinski definition) is 0. The molecule has 24 heavy (non-hydrogen) atoms. The summed E-state index contributed by atoms with van der Waals surface area (Å²) in [5.74, 6) is 0.893. The summed E-state index contributed by atoms with van der Waals surface area (Å²) in [5, 5.41) is 0. The lowest BCUT2D eigenvalue weighted by molar-refractivity contribution is 0.356. The van der Waals surface area contributed by atoms with Crippen molar-refractivity contribution in [2.75, 3.05) is 0 Å². The molecule has 0 amide bonds. The molecule has 1 aromatic heterocycles. The maximum Gasteiger partial charge on any atom is 0.0650 e. The Morgan fingerprint density at radius 3 is 2.29 bits per heavy atom. The molecule has 1 heterocycles. The van der Waals surface area contributed by atoms with Crippen molar-refractivity contribution in [2.24, 2.45) is 5.92 Å². The van der Waals surface area contributed by atoms with Gasteiger partial charge in [-0.15, -0.1) is 0 Å². The van der Waals surface area contributed by atoms with Gasteiger partial charge in [0.25, 0.3) is 0 Å². The van der Waals surface area contributed by atoms with Crippen molar-refractivity contribution in [3.05, 3.63) is 53.9 Å². The molecule has 4 heteroatoms. The second-order valence-electron chi connectivity index (χ2n) is 5.93. The summed E-state index contributed by atoms with van der Waals surface area (Å²) < 4.78 is 2.56. The van der Waals surface area contributed by atoms with E-state index in [0.29, 0.717) is 0 Å². The molecule has 1 unspecified atom stereocenters. The molecule has 0 bridgehead atoms. The lowest BCUT2D eigenvalue weighted by atomic mass is 9.87. The highest BCUT2D eigenvalue weighted by molar-refractivity contribution is 14.2. The van der Waals surface area contributed by atoms with Crippen LogP contribution in [0.3, 0.4) is 0 Å². The van der Waals surface area contributed by atoms with E-state index in [9.17, 15) is 0 Å². The molecule has 134 valence electrons. The van der Waals surface area contributed by atoms with Crippen molar-refractivity contribution in [2.45, 2.75) is 46.7 Å². The van der Waals surface area contributed by atoms with E-state index in [1.807, 2.05) is 18.2 Å². The van der Waals surface area contributed by atoms with Crippen molar-refractivity contribution in [3.63, 3.8) is 0 Å². The van der Waals surface area contributed by atoms with Crippen LogP contribution in [0.25, 0.3) is 18.2 Å². The van der Waals surface area contributed by atoms with E-state index in [4.69, 9.17) is 0 Å². The average molecular weight is 461 g/mol. The highest BCUT2D eigenvalue weighted by atomic mass is 127. The molecule has 1 aliphatic carbocycles. The van der Waals surface area contributed by atoms with Gasteiger partial charge >= 0.3 is 0 Å². The van der Waals surface area contributed by atoms with Crippen molar-refractivity contribution < 1.29 is 4.70 Å². The Balaban J connectivity index is 0.00000264. The van der Waals surface area contributed by atoms with Crippen LogP contribution in [0.2, 0.25) is 0 Å². The third-order valence-corrected chi connectivity index (χ3v) is 9.85. The number of allylic oxidation sites excluding steroid dienone is 3. The quantitative estimate of drug-likeness (QED) is 0.231. The summed E-state index contributed by atoms with van der Waals surface area (Å²) in [5.41, 5.74) is 5.80. The molecule has 1 fully saturated rings. The largest absolute Gasteiger partial charge is 0.313 e. The van der Waals surface area contributed by atoms with Gasteiger partial charge in [-0.3, -0.25) is 4.70 Å². The molecule has 1 saturated carbocycles. The summed E-state index contributed by atoms with van der Waals surface area (Å²) in [6, 6.07) is 0. The van der Waals surface area contributed by atoms with E-state index in [-0.39, 0.29) is 17.8 Å². The van der Waals surface area contributed by atoms with Crippen molar-refractivity contribution in [3.8, 4) is 0 Å². The van der Waals surface area contributed by atoms with E-state index in [1.54, 1.807) is 0 Å². The molecular weight excluding hydrogens is 431 g/mol. The lowest BCUT2D eigenvalue weighted by Crippen LogP contribution is -2.25. The minimum atomic E-state index is -0.218. The molecule has 0 radical (unpaired) electrons. The Labute approximate surface area is 161 Å². The topological polar surface area (TPSA) is 4.93 Å². The van der Waals surface area contributed by atoms with Crippen LogP contribution in [-0.4, -0.2) is 10.00 Å². The predicted octanol–water partition coefficient (Wildman–Crippen LogP) is 7.85. The molecule has 1 nitrogen and oxygen atoms in total. The SMILES string of the molecule is C.C=C/C=C\c1c(C=C)c(/C=C\C)n(P(I)C2CC(C)C2)c1C.F. The molecule has 1 aliphatic rings. The van der Waals surface area contributed by atoms with Gasteiger partial charge in [-0.25, -0.2) is 0 Å². The smallest absolute Gasteiger partial charge is 0.0650 e. The van der Waals surface area contributed by atoms with Crippen LogP contribution >= 0.6 is 27.8 Å². The standard InChI is InChI=1S/C19H25INP.CH4.FH/c1-6-9-11-18-15(5)21(19(10-7-2)17(18)8-3)22(20)16-12-14(4)13-16;;/h6-11,14,16H,1,3,12-13H2,2,4-5H3;1H4;1H/b10-7-,11-9-;;. The third kappa shape index (κ3) is 4.49. The highest BCUT2D eigenvalue weighted by Crippen LogP contribution is 2.61. The van der Waals surface area contributed by atoms with Gasteiger partial charge in [0, 0.05) is 22.5 Å². The number of rotatable bonds is 6. The number of nitrogens with zero attached hydrogens (tertiary/aromatic N) is 1. The molecule has 0 aliphatic heterocycles. The van der Waals surface area contributed by atoms with Crippen LogP contribution < -0.4 is 0 Å². The van der Waals surface area contributed by atoms with Gasteiger partial charge in [-0.05, 0) is 60.7 Å². The van der Waals surface area contributed by atoms with E-state index >= 15 is 0 Å². The first-order valence-corrected chi connectivity index (χ1v) is 11.9. The minimum absolute atomic E-state index is 0. The third-order valence-electron chi connectivity index (χ3n) is 4.27. The van der Waals surface area contributed by atoms with E-state index < -0.39 is 0 Å². The Kier molecular flexibility index (Phi) is 10.1. The molecule has 1 atom stereocenters. The van der Waals surface area contributed by atoms with E-state index in [1.165, 1.54) is 35.4 Å². The fourth-order valence-electron chi connectivity index (χ4n) is 3.09.